The lowest BCUT2D eigenvalue weighted by molar-refractivity contribution is 0.0698. The largest absolute Gasteiger partial charge is 0.467 e. The second-order valence-electron chi connectivity index (χ2n) is 5.13. The van der Waals surface area contributed by atoms with Crippen LogP contribution in [0.3, 0.4) is 0 Å². The van der Waals surface area contributed by atoms with Crippen LogP contribution in [0.25, 0.3) is 0 Å². The maximum atomic E-state index is 5.53. The van der Waals surface area contributed by atoms with Gasteiger partial charge >= 0.3 is 0 Å². The lowest BCUT2D eigenvalue weighted by Crippen LogP contribution is -2.38. The first-order chi connectivity index (χ1) is 11.9. The first-order valence-electron chi connectivity index (χ1n) is 8.55. The Labute approximate surface area is 144 Å². The molecule has 7 nitrogen and oxygen atoms in total. The molecular formula is C17H31N3O4. The first-order valence-corrected chi connectivity index (χ1v) is 8.55. The van der Waals surface area contributed by atoms with Gasteiger partial charge in [-0.05, 0) is 31.9 Å². The van der Waals surface area contributed by atoms with E-state index in [9.17, 15) is 0 Å². The van der Waals surface area contributed by atoms with E-state index in [4.69, 9.17) is 18.6 Å². The van der Waals surface area contributed by atoms with Gasteiger partial charge in [0, 0.05) is 40.0 Å². The molecule has 7 heteroatoms. The fourth-order valence-corrected chi connectivity index (χ4v) is 1.89. The maximum Gasteiger partial charge on any atom is 0.191 e. The van der Waals surface area contributed by atoms with Gasteiger partial charge in [0.15, 0.2) is 5.96 Å². The van der Waals surface area contributed by atoms with Gasteiger partial charge < -0.3 is 29.3 Å². The van der Waals surface area contributed by atoms with Crippen molar-refractivity contribution in [2.45, 2.75) is 26.4 Å². The van der Waals surface area contributed by atoms with Crippen molar-refractivity contribution in [2.75, 3.05) is 53.2 Å². The van der Waals surface area contributed by atoms with E-state index < -0.39 is 0 Å². The zero-order chi connectivity index (χ0) is 17.3. The van der Waals surface area contributed by atoms with Crippen molar-refractivity contribution in [1.29, 1.82) is 0 Å². The molecule has 0 aromatic carbocycles. The minimum Gasteiger partial charge on any atom is -0.467 e. The van der Waals surface area contributed by atoms with Crippen molar-refractivity contribution in [3.05, 3.63) is 24.2 Å². The second kappa shape index (κ2) is 15.0. The third-order valence-corrected chi connectivity index (χ3v) is 3.08. The second-order valence-corrected chi connectivity index (χ2v) is 5.13. The summed E-state index contributed by atoms with van der Waals surface area (Å²) < 4.78 is 21.1. The van der Waals surface area contributed by atoms with Crippen molar-refractivity contribution in [3.8, 4) is 0 Å². The Hall–Kier alpha value is -1.57. The summed E-state index contributed by atoms with van der Waals surface area (Å²) in [6.45, 7) is 7.61. The van der Waals surface area contributed by atoms with E-state index in [0.29, 0.717) is 26.4 Å². The van der Waals surface area contributed by atoms with Crippen molar-refractivity contribution in [2.24, 2.45) is 4.99 Å². The summed E-state index contributed by atoms with van der Waals surface area (Å²) in [4.78, 5) is 4.53. The molecule has 0 saturated carbocycles. The number of methoxy groups -OCH3 is 1. The highest BCUT2D eigenvalue weighted by Crippen LogP contribution is 2.01. The number of guanidine groups is 1. The average molecular weight is 341 g/mol. The molecule has 1 rings (SSSR count). The highest BCUT2D eigenvalue weighted by atomic mass is 16.5. The molecule has 0 bridgehead atoms. The zero-order valence-electron chi connectivity index (χ0n) is 14.9. The molecule has 0 amide bonds. The maximum absolute atomic E-state index is 5.53. The Kier molecular flexibility index (Phi) is 12.8. The Morgan fingerprint density at radius 3 is 2.75 bits per heavy atom. The van der Waals surface area contributed by atoms with E-state index in [1.165, 1.54) is 0 Å². The van der Waals surface area contributed by atoms with Gasteiger partial charge in [0.25, 0.3) is 0 Å². The van der Waals surface area contributed by atoms with E-state index in [0.717, 1.165) is 50.8 Å². The van der Waals surface area contributed by atoms with Crippen molar-refractivity contribution in [3.63, 3.8) is 0 Å². The van der Waals surface area contributed by atoms with Crippen LogP contribution in [0.1, 0.15) is 25.5 Å². The Morgan fingerprint density at radius 1 is 1.12 bits per heavy atom. The minimum atomic E-state index is 0.512. The van der Waals surface area contributed by atoms with Crippen LogP contribution in [0.2, 0.25) is 0 Å². The number of hydrogen-bond acceptors (Lipinski definition) is 5. The number of furan rings is 1. The molecule has 1 aromatic rings. The van der Waals surface area contributed by atoms with E-state index in [1.54, 1.807) is 13.4 Å². The highest BCUT2D eigenvalue weighted by molar-refractivity contribution is 5.79. The standard InChI is InChI=1S/C17H31N3O4/c1-3-18-17(19-8-5-10-22-14-13-21-2)20-9-6-11-23-15-16-7-4-12-24-16/h4,7,12H,3,5-6,8-11,13-15H2,1-2H3,(H2,18,19,20). The molecule has 0 unspecified atom stereocenters. The van der Waals surface area contributed by atoms with Gasteiger partial charge in [-0.15, -0.1) is 0 Å². The summed E-state index contributed by atoms with van der Waals surface area (Å²) in [5, 5.41) is 6.53. The van der Waals surface area contributed by atoms with Gasteiger partial charge in [-0.25, -0.2) is 0 Å². The average Bonchev–Trinajstić information content (AvgIpc) is 3.10. The number of hydrogen-bond donors (Lipinski definition) is 2. The summed E-state index contributed by atoms with van der Waals surface area (Å²) in [5.74, 6) is 1.68. The lowest BCUT2D eigenvalue weighted by atomic mass is 10.4. The predicted octanol–water partition coefficient (Wildman–Crippen LogP) is 1.79. The van der Waals surface area contributed by atoms with Crippen LogP contribution in [0.5, 0.6) is 0 Å². The molecule has 0 aliphatic heterocycles. The van der Waals surface area contributed by atoms with Gasteiger partial charge in [0.1, 0.15) is 12.4 Å². The Balaban J connectivity index is 2.04. The fourth-order valence-electron chi connectivity index (χ4n) is 1.89. The van der Waals surface area contributed by atoms with Crippen LogP contribution >= 0.6 is 0 Å². The minimum absolute atomic E-state index is 0.512. The van der Waals surface area contributed by atoms with Crippen LogP contribution in [-0.2, 0) is 20.8 Å². The molecule has 0 aliphatic rings. The number of rotatable bonds is 14. The van der Waals surface area contributed by atoms with Crippen molar-refractivity contribution >= 4 is 5.96 Å². The van der Waals surface area contributed by atoms with E-state index in [2.05, 4.69) is 22.5 Å². The van der Waals surface area contributed by atoms with E-state index in [-0.39, 0.29) is 0 Å². The summed E-state index contributed by atoms with van der Waals surface area (Å²) in [7, 11) is 1.67. The predicted molar refractivity (Wildman–Crippen MR) is 94.3 cm³/mol. The van der Waals surface area contributed by atoms with Crippen molar-refractivity contribution in [1.82, 2.24) is 10.6 Å². The quantitative estimate of drug-likeness (QED) is 0.305. The van der Waals surface area contributed by atoms with E-state index in [1.807, 2.05) is 12.1 Å². The topological polar surface area (TPSA) is 77.3 Å². The molecule has 0 spiro atoms. The molecule has 0 saturated heterocycles. The smallest absolute Gasteiger partial charge is 0.191 e. The molecule has 138 valence electrons. The molecule has 0 atom stereocenters. The molecule has 1 aromatic heterocycles. The summed E-state index contributed by atoms with van der Waals surface area (Å²) in [5.41, 5.74) is 0. The third kappa shape index (κ3) is 11.0. The zero-order valence-corrected chi connectivity index (χ0v) is 14.9. The van der Waals surface area contributed by atoms with Crippen LogP contribution in [0, 0.1) is 0 Å². The highest BCUT2D eigenvalue weighted by Gasteiger charge is 1.98. The van der Waals surface area contributed by atoms with Gasteiger partial charge in [-0.2, -0.15) is 0 Å². The lowest BCUT2D eigenvalue weighted by Gasteiger charge is -2.11. The Bertz CT molecular complexity index is 410. The van der Waals surface area contributed by atoms with Gasteiger partial charge in [0.2, 0.25) is 0 Å². The summed E-state index contributed by atoms with van der Waals surface area (Å²) >= 11 is 0. The summed E-state index contributed by atoms with van der Waals surface area (Å²) in [6.07, 6.45) is 3.46. The van der Waals surface area contributed by atoms with Crippen LogP contribution < -0.4 is 10.6 Å². The van der Waals surface area contributed by atoms with Crippen LogP contribution in [0.15, 0.2) is 27.8 Å². The monoisotopic (exact) mass is 341 g/mol. The van der Waals surface area contributed by atoms with Crippen molar-refractivity contribution < 1.29 is 18.6 Å². The van der Waals surface area contributed by atoms with Gasteiger partial charge in [-0.1, -0.05) is 0 Å². The first kappa shape index (κ1) is 20.5. The molecule has 1 heterocycles. The van der Waals surface area contributed by atoms with Gasteiger partial charge in [0.05, 0.1) is 19.5 Å². The molecule has 0 fully saturated rings. The number of aliphatic imine (C=N–C) groups is 1. The number of ether oxygens (including phenoxy) is 3. The molecule has 2 N–H and O–H groups in total. The third-order valence-electron chi connectivity index (χ3n) is 3.08. The van der Waals surface area contributed by atoms with E-state index >= 15 is 0 Å². The van der Waals surface area contributed by atoms with Crippen LogP contribution in [-0.4, -0.2) is 59.1 Å². The molecular weight excluding hydrogens is 310 g/mol. The SMILES string of the molecule is CCNC(=NCCCOCc1ccco1)NCCCOCCOC. The van der Waals surface area contributed by atoms with Crippen LogP contribution in [0.4, 0.5) is 0 Å². The number of nitrogens with one attached hydrogen (secondary N) is 2. The number of nitrogens with zero attached hydrogens (tertiary/aromatic N) is 1. The summed E-state index contributed by atoms with van der Waals surface area (Å²) in [6, 6.07) is 3.77. The van der Waals surface area contributed by atoms with Gasteiger partial charge in [-0.3, -0.25) is 4.99 Å². The molecule has 24 heavy (non-hydrogen) atoms. The molecule has 0 radical (unpaired) electrons. The Morgan fingerprint density at radius 2 is 2.00 bits per heavy atom. The molecule has 0 aliphatic carbocycles. The fraction of sp³-hybridized carbons (Fsp3) is 0.706. The normalized spacial score (nSPS) is 11.7.